The number of methoxy groups -OCH3 is 1. The van der Waals surface area contributed by atoms with Crippen molar-refractivity contribution in [1.82, 2.24) is 24.7 Å². The highest BCUT2D eigenvalue weighted by atomic mass is 32.3. The van der Waals surface area contributed by atoms with Crippen LogP contribution in [0.2, 0.25) is 0 Å². The number of rotatable bonds is 18. The molecular formula is C20H35N5O13S3. The first kappa shape index (κ1) is 35.3. The zero-order valence-corrected chi connectivity index (χ0v) is 24.9. The number of nitrogens with zero attached hydrogens (tertiary/aromatic N) is 4. The maximum absolute atomic E-state index is 13.5. The Morgan fingerprint density at radius 2 is 1.68 bits per heavy atom. The van der Waals surface area contributed by atoms with Crippen molar-refractivity contribution in [2.75, 3.05) is 46.6 Å². The van der Waals surface area contributed by atoms with E-state index in [1.807, 2.05) is 4.72 Å². The summed E-state index contributed by atoms with van der Waals surface area (Å²) in [4.78, 5) is 35.5. The first-order chi connectivity index (χ1) is 19.2. The number of nitrogens with one attached hydrogen (secondary N) is 1. The molecule has 18 nitrogen and oxygen atoms in total. The maximum Gasteiger partial charge on any atom is 0.273 e. The minimum absolute atomic E-state index is 0.0480. The topological polar surface area (TPSA) is 236 Å². The summed E-state index contributed by atoms with van der Waals surface area (Å²) in [5, 5.41) is 33.3. The maximum atomic E-state index is 13.5. The average Bonchev–Trinajstić information content (AvgIpc) is 3.35. The van der Waals surface area contributed by atoms with Gasteiger partial charge in [-0.3, -0.25) is 40.1 Å². The van der Waals surface area contributed by atoms with Crippen molar-refractivity contribution in [3.05, 3.63) is 11.6 Å². The van der Waals surface area contributed by atoms with Crippen LogP contribution in [-0.2, 0) is 44.0 Å². The van der Waals surface area contributed by atoms with Crippen molar-refractivity contribution in [2.45, 2.75) is 53.5 Å². The largest absolute Gasteiger partial charge is 0.385 e. The molecule has 21 heteroatoms. The monoisotopic (exact) mass is 649 g/mol. The standard InChI is InChI=1S/C20H35N5O13S3/c1-3-23(18(27)8-5-12-38-25(30)31)16-14-22(9-6-10-36-2)41(34,35)20-15(16)13-19(39-20)40(32,33)21-17(26)7-4-11-37-24(28)29/h13,16,28-31H,3-12,14H2,1-2H3,(H,21,26)/t16-/m0/s1. The second-order valence-electron chi connectivity index (χ2n) is 8.62. The summed E-state index contributed by atoms with van der Waals surface area (Å²) in [6, 6.07) is 0.284. The molecule has 2 heterocycles. The van der Waals surface area contributed by atoms with Gasteiger partial charge in [0, 0.05) is 51.8 Å². The fourth-order valence-corrected chi connectivity index (χ4v) is 8.89. The van der Waals surface area contributed by atoms with Crippen LogP contribution >= 0.6 is 11.3 Å². The van der Waals surface area contributed by atoms with Crippen LogP contribution < -0.4 is 4.72 Å². The number of carbonyl (C=O) groups is 2. The van der Waals surface area contributed by atoms with Crippen LogP contribution in [0.1, 0.15) is 50.6 Å². The molecule has 5 N–H and O–H groups in total. The lowest BCUT2D eigenvalue weighted by molar-refractivity contribution is -0.492. The molecule has 0 unspecified atom stereocenters. The first-order valence-electron chi connectivity index (χ1n) is 12.3. The van der Waals surface area contributed by atoms with Crippen LogP contribution in [0.3, 0.4) is 0 Å². The Morgan fingerprint density at radius 3 is 2.24 bits per heavy atom. The second-order valence-corrected chi connectivity index (χ2v) is 13.7. The summed E-state index contributed by atoms with van der Waals surface area (Å²) in [5.74, 6) is -1.33. The molecule has 41 heavy (non-hydrogen) atoms. The summed E-state index contributed by atoms with van der Waals surface area (Å²) in [5.41, 5.74) is 0.0912. The molecule has 0 aromatic carbocycles. The van der Waals surface area contributed by atoms with Gasteiger partial charge in [-0.15, -0.1) is 11.3 Å². The number of amides is 2. The average molecular weight is 650 g/mol. The highest BCUT2D eigenvalue weighted by molar-refractivity contribution is 7.94. The van der Waals surface area contributed by atoms with E-state index in [9.17, 15) is 26.4 Å². The Balaban J connectivity index is 2.36. The number of fused-ring (bicyclic) bond motifs is 1. The highest BCUT2D eigenvalue weighted by Gasteiger charge is 2.43. The summed E-state index contributed by atoms with van der Waals surface area (Å²) in [6.45, 7) is 1.51. The van der Waals surface area contributed by atoms with Gasteiger partial charge in [0.25, 0.3) is 20.0 Å². The number of sulfonamides is 2. The van der Waals surface area contributed by atoms with Gasteiger partial charge in [0.1, 0.15) is 8.42 Å². The molecule has 0 saturated carbocycles. The predicted octanol–water partition coefficient (Wildman–Crippen LogP) is 0.0678. The Morgan fingerprint density at radius 1 is 1.07 bits per heavy atom. The molecule has 236 valence electrons. The van der Waals surface area contributed by atoms with Gasteiger partial charge in [-0.25, -0.2) is 21.6 Å². The van der Waals surface area contributed by atoms with Crippen molar-refractivity contribution >= 4 is 43.2 Å². The molecule has 0 spiro atoms. The number of thiophene rings is 1. The van der Waals surface area contributed by atoms with Crippen molar-refractivity contribution in [1.29, 1.82) is 0 Å². The summed E-state index contributed by atoms with van der Waals surface area (Å²) >= 11 is 0.454. The Hall–Kier alpha value is -1.86. The van der Waals surface area contributed by atoms with Gasteiger partial charge in [0.15, 0.2) is 0 Å². The third kappa shape index (κ3) is 10.1. The van der Waals surface area contributed by atoms with E-state index in [1.54, 1.807) is 6.92 Å². The third-order valence-electron chi connectivity index (χ3n) is 5.82. The van der Waals surface area contributed by atoms with Crippen LogP contribution in [0.25, 0.3) is 0 Å². The van der Waals surface area contributed by atoms with Gasteiger partial charge in [0.05, 0.1) is 30.0 Å². The van der Waals surface area contributed by atoms with Crippen LogP contribution in [0.15, 0.2) is 14.5 Å². The SMILES string of the molecule is CCN(C(=O)CCCON(O)O)[C@H]1CN(CCCOC)S(=O)(=O)c2sc(S(=O)(=O)NC(=O)CCCON(O)O)cc21. The molecule has 0 fully saturated rings. The molecule has 1 atom stereocenters. The predicted molar refractivity (Wildman–Crippen MR) is 136 cm³/mol. The van der Waals surface area contributed by atoms with Gasteiger partial charge < -0.3 is 9.64 Å². The molecule has 1 aromatic rings. The van der Waals surface area contributed by atoms with Gasteiger partial charge in [-0.05, 0) is 32.3 Å². The van der Waals surface area contributed by atoms with Crippen LogP contribution in [0.5, 0.6) is 0 Å². The lowest BCUT2D eigenvalue weighted by atomic mass is 10.1. The Kier molecular flexibility index (Phi) is 13.9. The molecular weight excluding hydrogens is 614 g/mol. The fraction of sp³-hybridized carbons (Fsp3) is 0.700. The highest BCUT2D eigenvalue weighted by Crippen LogP contribution is 2.42. The lowest BCUT2D eigenvalue weighted by Gasteiger charge is -2.38. The van der Waals surface area contributed by atoms with Gasteiger partial charge in [0.2, 0.25) is 11.8 Å². The minimum atomic E-state index is -4.50. The van der Waals surface area contributed by atoms with E-state index in [1.165, 1.54) is 12.0 Å². The number of ether oxygens (including phenoxy) is 1. The number of hydrogen-bond donors (Lipinski definition) is 5. The van der Waals surface area contributed by atoms with Gasteiger partial charge in [-0.1, -0.05) is 0 Å². The van der Waals surface area contributed by atoms with E-state index >= 15 is 0 Å². The van der Waals surface area contributed by atoms with E-state index in [-0.39, 0.29) is 74.9 Å². The summed E-state index contributed by atoms with van der Waals surface area (Å²) < 4.78 is 60.3. The van der Waals surface area contributed by atoms with Crippen molar-refractivity contribution in [2.24, 2.45) is 0 Å². The van der Waals surface area contributed by atoms with Crippen LogP contribution in [-0.4, -0.2) is 116 Å². The fourth-order valence-electron chi connectivity index (χ4n) is 4.02. The number of likely N-dealkylation sites (N-methyl/N-ethyl adjacent to an activating group) is 1. The number of carbonyl (C=O) groups excluding carboxylic acids is 2. The van der Waals surface area contributed by atoms with E-state index in [0.29, 0.717) is 17.8 Å². The molecule has 2 amide bonds. The van der Waals surface area contributed by atoms with Crippen molar-refractivity contribution < 1.29 is 61.7 Å². The van der Waals surface area contributed by atoms with Crippen molar-refractivity contribution in [3.63, 3.8) is 0 Å². The van der Waals surface area contributed by atoms with Crippen molar-refractivity contribution in [3.8, 4) is 0 Å². The first-order valence-corrected chi connectivity index (χ1v) is 16.1. The molecule has 0 bridgehead atoms. The minimum Gasteiger partial charge on any atom is -0.385 e. The van der Waals surface area contributed by atoms with Gasteiger partial charge >= 0.3 is 0 Å². The Labute approximate surface area is 241 Å². The van der Waals surface area contributed by atoms with E-state index in [2.05, 4.69) is 9.68 Å². The number of hydrogen-bond acceptors (Lipinski definition) is 16. The second kappa shape index (κ2) is 16.1. The molecule has 1 aromatic heterocycles. The van der Waals surface area contributed by atoms with Gasteiger partial charge in [-0.2, -0.15) is 4.31 Å². The molecule has 1 aliphatic heterocycles. The smallest absolute Gasteiger partial charge is 0.273 e. The summed E-state index contributed by atoms with van der Waals surface area (Å²) in [6.07, 6.45) is -0.0338. The van der Waals surface area contributed by atoms with E-state index < -0.39 is 52.9 Å². The molecule has 2 rings (SSSR count). The summed E-state index contributed by atoms with van der Waals surface area (Å²) in [7, 11) is -7.20. The van der Waals surface area contributed by atoms with Crippen LogP contribution in [0, 0.1) is 0 Å². The molecule has 0 radical (unpaired) electrons. The van der Waals surface area contributed by atoms with E-state index in [0.717, 1.165) is 10.4 Å². The molecule has 1 aliphatic rings. The zero-order chi connectivity index (χ0) is 30.8. The molecule has 0 aliphatic carbocycles. The molecule has 0 saturated heterocycles. The third-order valence-corrected chi connectivity index (χ3v) is 11.2. The zero-order valence-electron chi connectivity index (χ0n) is 22.4. The quantitative estimate of drug-likeness (QED) is 0.104. The Bertz CT molecular complexity index is 1220. The van der Waals surface area contributed by atoms with Crippen LogP contribution in [0.4, 0.5) is 0 Å². The lowest BCUT2D eigenvalue weighted by Crippen LogP contribution is -2.47. The normalized spacial score (nSPS) is 17.1. The van der Waals surface area contributed by atoms with E-state index in [4.69, 9.17) is 25.6 Å².